The summed E-state index contributed by atoms with van der Waals surface area (Å²) in [4.78, 5) is 22.6. The number of esters is 1. The van der Waals surface area contributed by atoms with E-state index >= 15 is 0 Å². The minimum atomic E-state index is -1.39. The van der Waals surface area contributed by atoms with Crippen molar-refractivity contribution in [1.29, 1.82) is 0 Å². The third-order valence-electron chi connectivity index (χ3n) is 12.4. The van der Waals surface area contributed by atoms with Crippen molar-refractivity contribution in [2.24, 2.45) is 40.4 Å². The van der Waals surface area contributed by atoms with E-state index in [2.05, 4.69) is 19.9 Å². The first-order valence-electron chi connectivity index (χ1n) is 16.8. The van der Waals surface area contributed by atoms with Crippen LogP contribution in [-0.4, -0.2) is 75.9 Å². The Labute approximate surface area is 257 Å². The first-order chi connectivity index (χ1) is 20.3. The minimum absolute atomic E-state index is 0.132. The zero-order valence-electron chi connectivity index (χ0n) is 26.9. The van der Waals surface area contributed by atoms with Gasteiger partial charge in [-0.1, -0.05) is 31.9 Å². The van der Waals surface area contributed by atoms with Crippen LogP contribution < -0.4 is 0 Å². The summed E-state index contributed by atoms with van der Waals surface area (Å²) >= 11 is 0. The third kappa shape index (κ3) is 6.47. The number of allylic oxidation sites excluding steroid dienone is 1. The van der Waals surface area contributed by atoms with Crippen molar-refractivity contribution in [2.75, 3.05) is 13.2 Å². The molecule has 0 aromatic heterocycles. The lowest BCUT2D eigenvalue weighted by Crippen LogP contribution is -2.54. The fraction of sp³-hybridized carbons (Fsp3) is 0.912. The maximum atomic E-state index is 11.5. The van der Waals surface area contributed by atoms with Crippen molar-refractivity contribution in [3.05, 3.63) is 11.6 Å². The highest BCUT2D eigenvalue weighted by molar-refractivity contribution is 5.66. The Hall–Kier alpha value is -1.07. The number of ether oxygens (including phenoxy) is 2. The molecule has 4 N–H and O–H groups in total. The predicted octanol–water partition coefficient (Wildman–Crippen LogP) is 4.44. The minimum Gasteiger partial charge on any atom is -0.460 e. The summed E-state index contributed by atoms with van der Waals surface area (Å²) in [6.45, 7) is 10.5. The highest BCUT2D eigenvalue weighted by Crippen LogP contribution is 2.67. The maximum absolute atomic E-state index is 11.5. The summed E-state index contributed by atoms with van der Waals surface area (Å²) in [7, 11) is 0. The van der Waals surface area contributed by atoms with E-state index in [1.165, 1.54) is 31.8 Å². The van der Waals surface area contributed by atoms with Gasteiger partial charge < -0.3 is 29.9 Å². The number of fused-ring (bicyclic) bond motifs is 5. The average molecular weight is 609 g/mol. The van der Waals surface area contributed by atoms with Crippen molar-refractivity contribution in [2.45, 2.75) is 142 Å². The molecule has 5 rings (SSSR count). The molecule has 1 aliphatic heterocycles. The Morgan fingerprint density at radius 1 is 1.09 bits per heavy atom. The van der Waals surface area contributed by atoms with Gasteiger partial charge in [0.25, 0.3) is 0 Å². The van der Waals surface area contributed by atoms with Crippen LogP contribution in [0.25, 0.3) is 0 Å². The number of hydrogen-bond acceptors (Lipinski definition) is 9. The van der Waals surface area contributed by atoms with Crippen molar-refractivity contribution in [1.82, 2.24) is 0 Å². The van der Waals surface area contributed by atoms with Gasteiger partial charge in [-0.2, -0.15) is 0 Å². The number of carbonyl (C=O) groups is 1. The van der Waals surface area contributed by atoms with Gasteiger partial charge in [-0.3, -0.25) is 4.79 Å². The molecule has 246 valence electrons. The quantitative estimate of drug-likeness (QED) is 0.123. The normalized spacial score (nSPS) is 43.7. The zero-order chi connectivity index (χ0) is 31.2. The van der Waals surface area contributed by atoms with Gasteiger partial charge in [0.15, 0.2) is 0 Å². The topological polar surface area (TPSA) is 135 Å². The fourth-order valence-corrected chi connectivity index (χ4v) is 10.3. The number of rotatable bonds is 10. The molecule has 0 aromatic carbocycles. The van der Waals surface area contributed by atoms with Gasteiger partial charge >= 0.3 is 5.97 Å². The monoisotopic (exact) mass is 608 g/mol. The highest BCUT2D eigenvalue weighted by atomic mass is 17.2. The molecule has 5 aliphatic rings. The lowest BCUT2D eigenvalue weighted by molar-refractivity contribution is -0.431. The van der Waals surface area contributed by atoms with E-state index in [4.69, 9.17) is 19.2 Å². The number of aliphatic hydroxyl groups is 4. The second-order valence-corrected chi connectivity index (χ2v) is 15.4. The van der Waals surface area contributed by atoms with Gasteiger partial charge in [0.1, 0.15) is 23.9 Å². The Morgan fingerprint density at radius 3 is 2.58 bits per heavy atom. The molecule has 43 heavy (non-hydrogen) atoms. The Balaban J connectivity index is 1.20. The fourth-order valence-electron chi connectivity index (χ4n) is 10.3. The summed E-state index contributed by atoms with van der Waals surface area (Å²) in [5, 5.41) is 40.7. The van der Waals surface area contributed by atoms with E-state index in [1.54, 1.807) is 0 Å². The van der Waals surface area contributed by atoms with E-state index in [-0.39, 0.29) is 30.7 Å². The predicted molar refractivity (Wildman–Crippen MR) is 159 cm³/mol. The van der Waals surface area contributed by atoms with Crippen LogP contribution in [0.3, 0.4) is 0 Å². The van der Waals surface area contributed by atoms with Crippen molar-refractivity contribution in [3.63, 3.8) is 0 Å². The molecule has 1 heterocycles. The van der Waals surface area contributed by atoms with Crippen LogP contribution in [0.5, 0.6) is 0 Å². The summed E-state index contributed by atoms with van der Waals surface area (Å²) in [6.07, 6.45) is 8.39. The number of aliphatic hydroxyl groups excluding tert-OH is 4. The van der Waals surface area contributed by atoms with E-state index in [1.807, 2.05) is 13.8 Å². The van der Waals surface area contributed by atoms with Gasteiger partial charge in [0.2, 0.25) is 6.29 Å². The van der Waals surface area contributed by atoms with E-state index in [0.29, 0.717) is 41.4 Å². The van der Waals surface area contributed by atoms with Crippen LogP contribution in [0, 0.1) is 40.4 Å². The van der Waals surface area contributed by atoms with Gasteiger partial charge in [-0.25, -0.2) is 9.78 Å². The molecule has 0 bridgehead atoms. The van der Waals surface area contributed by atoms with Crippen LogP contribution in [0.4, 0.5) is 0 Å². The largest absolute Gasteiger partial charge is 0.460 e. The van der Waals surface area contributed by atoms with Crippen LogP contribution in [0.2, 0.25) is 0 Å². The molecule has 9 nitrogen and oxygen atoms in total. The summed E-state index contributed by atoms with van der Waals surface area (Å²) in [5.74, 6) is 2.84. The van der Waals surface area contributed by atoms with E-state index < -0.39 is 30.2 Å². The van der Waals surface area contributed by atoms with Crippen LogP contribution in [0.15, 0.2) is 11.6 Å². The molecule has 0 radical (unpaired) electrons. The van der Waals surface area contributed by atoms with Gasteiger partial charge in [-0.15, -0.1) is 0 Å². The van der Waals surface area contributed by atoms with Gasteiger partial charge in [0, 0.05) is 12.3 Å². The molecule has 1 saturated heterocycles. The summed E-state index contributed by atoms with van der Waals surface area (Å²) < 4.78 is 10.8. The molecule has 0 spiro atoms. The Bertz CT molecular complexity index is 1010. The van der Waals surface area contributed by atoms with Crippen molar-refractivity contribution in [3.8, 4) is 0 Å². The molecule has 3 saturated carbocycles. The molecule has 0 amide bonds. The summed E-state index contributed by atoms with van der Waals surface area (Å²) in [5.41, 5.74) is 0.973. The van der Waals surface area contributed by atoms with Crippen LogP contribution >= 0.6 is 0 Å². The second-order valence-electron chi connectivity index (χ2n) is 15.4. The van der Waals surface area contributed by atoms with Crippen molar-refractivity contribution < 1.29 is 44.5 Å². The Morgan fingerprint density at radius 2 is 1.86 bits per heavy atom. The zero-order valence-corrected chi connectivity index (χ0v) is 26.9. The van der Waals surface area contributed by atoms with Crippen molar-refractivity contribution >= 4 is 5.97 Å². The number of carbonyl (C=O) groups excluding carboxylic acids is 1. The first kappa shape index (κ1) is 33.3. The molecule has 0 unspecified atom stereocenters. The smallest absolute Gasteiger partial charge is 0.303 e. The van der Waals surface area contributed by atoms with Crippen LogP contribution in [0.1, 0.15) is 105 Å². The summed E-state index contributed by atoms with van der Waals surface area (Å²) in [6, 6.07) is 0. The molecule has 4 fully saturated rings. The highest BCUT2D eigenvalue weighted by Gasteiger charge is 2.60. The first-order valence-corrected chi connectivity index (χ1v) is 16.8. The molecule has 9 heteroatoms. The molecular weight excluding hydrogens is 552 g/mol. The molecule has 12 atom stereocenters. The molecule has 4 aliphatic carbocycles. The second kappa shape index (κ2) is 13.0. The Kier molecular flexibility index (Phi) is 10.0. The van der Waals surface area contributed by atoms with E-state index in [9.17, 15) is 25.2 Å². The lowest BCUT2D eigenvalue weighted by Gasteiger charge is -2.59. The van der Waals surface area contributed by atoms with Crippen LogP contribution in [-0.2, 0) is 24.0 Å². The lowest BCUT2D eigenvalue weighted by atomic mass is 9.46. The third-order valence-corrected chi connectivity index (χ3v) is 12.4. The molecule has 0 aromatic rings. The van der Waals surface area contributed by atoms with Gasteiger partial charge in [0.05, 0.1) is 19.3 Å². The standard InChI is InChI=1S/C34H56O9/c1-20(7-6-14-32(3,4)41-21(2)36)25-10-11-26-24-9-8-22-17-23(42-43-31-30(39)29(38)28(37)18-40-31)12-16-34(22,19-35)27(24)13-15-33(25,26)5/h8,20,23-31,35,37-39H,6-7,9-19H2,1-5H3/t20-,23+,24+,25-,26+,27+,28-,29-,30+,31+,33-,34-/m1/s1. The SMILES string of the molecule is CC(=O)OC(C)(C)CCC[C@@H](C)[C@H]1CC[C@H]2[C@@H]3CC=C4C[C@@H](OO[C@@H]5OC[C@@H](O)[C@@H](O)[C@@H]5O)CC[C@]4(CO)[C@H]3CC[C@]12C. The average Bonchev–Trinajstić information content (AvgIpc) is 3.31. The van der Waals surface area contributed by atoms with E-state index in [0.717, 1.165) is 44.9 Å². The number of hydrogen-bond donors (Lipinski definition) is 4. The van der Waals surface area contributed by atoms with Gasteiger partial charge in [-0.05, 0) is 113 Å². The maximum Gasteiger partial charge on any atom is 0.303 e. The molecular formula is C34H56O9.